The summed E-state index contributed by atoms with van der Waals surface area (Å²) in [5.74, 6) is -1.14. The van der Waals surface area contributed by atoms with Gasteiger partial charge in [-0.2, -0.15) is 17.5 Å². The number of rotatable bonds is 2. The van der Waals surface area contributed by atoms with E-state index < -0.39 is 32.5 Å². The number of piperidine rings is 1. The highest BCUT2D eigenvalue weighted by atomic mass is 32.2. The molecule has 0 spiro atoms. The van der Waals surface area contributed by atoms with E-state index in [2.05, 4.69) is 0 Å². The molecule has 1 heterocycles. The minimum absolute atomic E-state index is 0.0537. The first-order chi connectivity index (χ1) is 9.62. The zero-order valence-electron chi connectivity index (χ0n) is 10.9. The second kappa shape index (κ2) is 5.54. The van der Waals surface area contributed by atoms with Crippen LogP contribution in [0.5, 0.6) is 0 Å². The Balaban J connectivity index is 2.45. The van der Waals surface area contributed by atoms with Crippen LogP contribution in [0.1, 0.15) is 18.4 Å². The molecule has 0 unspecified atom stereocenters. The predicted molar refractivity (Wildman–Crippen MR) is 67.4 cm³/mol. The van der Waals surface area contributed by atoms with Gasteiger partial charge in [0.2, 0.25) is 10.0 Å². The molecule has 4 nitrogen and oxygen atoms in total. The van der Waals surface area contributed by atoms with Crippen LogP contribution < -0.4 is 5.73 Å². The van der Waals surface area contributed by atoms with Crippen molar-refractivity contribution < 1.29 is 26.0 Å². The molecule has 0 aromatic heterocycles. The lowest BCUT2D eigenvalue weighted by molar-refractivity contribution is -0.140. The van der Waals surface area contributed by atoms with E-state index in [1.807, 2.05) is 0 Å². The van der Waals surface area contributed by atoms with E-state index in [9.17, 15) is 26.0 Å². The summed E-state index contributed by atoms with van der Waals surface area (Å²) < 4.78 is 77.4. The third-order valence-electron chi connectivity index (χ3n) is 3.36. The monoisotopic (exact) mass is 326 g/mol. The lowest BCUT2D eigenvalue weighted by Crippen LogP contribution is -2.43. The molecular weight excluding hydrogens is 312 g/mol. The maximum absolute atomic E-state index is 13.0. The average molecular weight is 326 g/mol. The number of halogens is 4. The van der Waals surface area contributed by atoms with Crippen molar-refractivity contribution in [1.29, 1.82) is 0 Å². The van der Waals surface area contributed by atoms with Gasteiger partial charge in [-0.3, -0.25) is 0 Å². The normalized spacial score (nSPS) is 18.9. The van der Waals surface area contributed by atoms with Crippen molar-refractivity contribution in [2.45, 2.75) is 30.0 Å². The third kappa shape index (κ3) is 3.35. The highest BCUT2D eigenvalue weighted by Gasteiger charge is 2.40. The molecule has 1 aromatic rings. The Hall–Kier alpha value is -1.19. The van der Waals surface area contributed by atoms with Crippen LogP contribution in [0.3, 0.4) is 0 Å². The number of hydrogen-bond donors (Lipinski definition) is 1. The Morgan fingerprint density at radius 1 is 1.19 bits per heavy atom. The van der Waals surface area contributed by atoms with Crippen molar-refractivity contribution in [3.8, 4) is 0 Å². The predicted octanol–water partition coefficient (Wildman–Crippen LogP) is 1.96. The molecule has 9 heteroatoms. The SMILES string of the molecule is NC1CCN(S(=O)(=O)c2ccc(F)cc2C(F)(F)F)CC1. The molecule has 1 fully saturated rings. The fourth-order valence-corrected chi connectivity index (χ4v) is 3.87. The number of hydrogen-bond acceptors (Lipinski definition) is 3. The lowest BCUT2D eigenvalue weighted by Gasteiger charge is -2.30. The summed E-state index contributed by atoms with van der Waals surface area (Å²) in [5.41, 5.74) is 4.16. The lowest BCUT2D eigenvalue weighted by atomic mass is 10.1. The van der Waals surface area contributed by atoms with Gasteiger partial charge in [-0.05, 0) is 31.0 Å². The Bertz CT molecular complexity index is 623. The Morgan fingerprint density at radius 2 is 1.76 bits per heavy atom. The van der Waals surface area contributed by atoms with Crippen LogP contribution in [0.4, 0.5) is 17.6 Å². The zero-order chi connectivity index (χ0) is 15.8. The maximum Gasteiger partial charge on any atom is 0.417 e. The van der Waals surface area contributed by atoms with Crippen LogP contribution >= 0.6 is 0 Å². The zero-order valence-corrected chi connectivity index (χ0v) is 11.7. The summed E-state index contributed by atoms with van der Waals surface area (Å²) in [7, 11) is -4.32. The van der Waals surface area contributed by atoms with Gasteiger partial charge in [-0.1, -0.05) is 0 Å². The molecule has 0 saturated carbocycles. The summed E-state index contributed by atoms with van der Waals surface area (Å²) in [4.78, 5) is -0.924. The highest BCUT2D eigenvalue weighted by molar-refractivity contribution is 7.89. The minimum atomic E-state index is -4.95. The first-order valence-electron chi connectivity index (χ1n) is 6.25. The molecule has 21 heavy (non-hydrogen) atoms. The molecule has 1 aliphatic heterocycles. The van der Waals surface area contributed by atoms with E-state index in [0.717, 1.165) is 4.31 Å². The van der Waals surface area contributed by atoms with Crippen molar-refractivity contribution in [3.63, 3.8) is 0 Å². The van der Waals surface area contributed by atoms with Gasteiger partial charge in [-0.25, -0.2) is 12.8 Å². The number of benzene rings is 1. The third-order valence-corrected chi connectivity index (χ3v) is 5.32. The van der Waals surface area contributed by atoms with Crippen molar-refractivity contribution in [2.75, 3.05) is 13.1 Å². The first-order valence-corrected chi connectivity index (χ1v) is 7.69. The van der Waals surface area contributed by atoms with Gasteiger partial charge in [0.05, 0.1) is 10.5 Å². The van der Waals surface area contributed by atoms with E-state index >= 15 is 0 Å². The number of sulfonamides is 1. The molecular formula is C12H14F4N2O2S. The summed E-state index contributed by atoms with van der Waals surface area (Å²) in [6, 6.07) is 1.40. The van der Waals surface area contributed by atoms with Crippen molar-refractivity contribution in [1.82, 2.24) is 4.31 Å². The van der Waals surface area contributed by atoms with Crippen LogP contribution in [0.25, 0.3) is 0 Å². The second-order valence-corrected chi connectivity index (χ2v) is 6.79. The maximum atomic E-state index is 13.0. The van der Waals surface area contributed by atoms with Crippen molar-refractivity contribution >= 4 is 10.0 Å². The van der Waals surface area contributed by atoms with Crippen LogP contribution in [0.15, 0.2) is 23.1 Å². The standard InChI is InChI=1S/C12H14F4N2O2S/c13-8-1-2-11(10(7-8)12(14,15)16)21(19,20)18-5-3-9(17)4-6-18/h1-2,7,9H,3-6,17H2. The molecule has 0 bridgehead atoms. The molecule has 0 aliphatic carbocycles. The molecule has 0 atom stereocenters. The minimum Gasteiger partial charge on any atom is -0.328 e. The van der Waals surface area contributed by atoms with Gasteiger partial charge < -0.3 is 5.73 Å². The van der Waals surface area contributed by atoms with Crippen LogP contribution in [0, 0.1) is 5.82 Å². The largest absolute Gasteiger partial charge is 0.417 e. The molecule has 1 aliphatic rings. The Labute approximate surface area is 119 Å². The molecule has 1 saturated heterocycles. The van der Waals surface area contributed by atoms with Gasteiger partial charge in [0.1, 0.15) is 5.82 Å². The fraction of sp³-hybridized carbons (Fsp3) is 0.500. The second-order valence-electron chi connectivity index (χ2n) is 4.88. The Morgan fingerprint density at radius 3 is 2.29 bits per heavy atom. The molecule has 2 N–H and O–H groups in total. The molecule has 118 valence electrons. The van der Waals surface area contributed by atoms with Crippen LogP contribution in [-0.4, -0.2) is 31.9 Å². The molecule has 0 amide bonds. The van der Waals surface area contributed by atoms with E-state index in [1.165, 1.54) is 0 Å². The molecule has 2 rings (SSSR count). The van der Waals surface area contributed by atoms with Gasteiger partial charge in [0.25, 0.3) is 0 Å². The van der Waals surface area contributed by atoms with Crippen LogP contribution in [0.2, 0.25) is 0 Å². The summed E-state index contributed by atoms with van der Waals surface area (Å²) in [5, 5.41) is 0. The Kier molecular flexibility index (Phi) is 4.27. The van der Waals surface area contributed by atoms with Gasteiger partial charge >= 0.3 is 6.18 Å². The topological polar surface area (TPSA) is 63.4 Å². The van der Waals surface area contributed by atoms with Gasteiger partial charge in [-0.15, -0.1) is 0 Å². The van der Waals surface area contributed by atoms with Gasteiger partial charge in [0.15, 0.2) is 0 Å². The average Bonchev–Trinajstić information content (AvgIpc) is 2.38. The van der Waals surface area contributed by atoms with Crippen molar-refractivity contribution in [3.05, 3.63) is 29.6 Å². The van der Waals surface area contributed by atoms with Crippen molar-refractivity contribution in [2.24, 2.45) is 5.73 Å². The molecule has 0 radical (unpaired) electrons. The summed E-state index contributed by atoms with van der Waals surface area (Å²) >= 11 is 0. The summed E-state index contributed by atoms with van der Waals surface area (Å²) in [6.45, 7) is 0.107. The smallest absolute Gasteiger partial charge is 0.328 e. The van der Waals surface area contributed by atoms with E-state index in [4.69, 9.17) is 5.73 Å². The number of nitrogens with two attached hydrogens (primary N) is 1. The number of alkyl halides is 3. The van der Waals surface area contributed by atoms with Gasteiger partial charge in [0, 0.05) is 19.1 Å². The fourth-order valence-electron chi connectivity index (χ4n) is 2.20. The van der Waals surface area contributed by atoms with E-state index in [0.29, 0.717) is 25.0 Å². The summed E-state index contributed by atoms with van der Waals surface area (Å²) in [6.07, 6.45) is -4.19. The van der Waals surface area contributed by atoms with E-state index in [1.54, 1.807) is 0 Å². The highest BCUT2D eigenvalue weighted by Crippen LogP contribution is 2.36. The van der Waals surface area contributed by atoms with Crippen LogP contribution in [-0.2, 0) is 16.2 Å². The molecule has 1 aromatic carbocycles. The number of nitrogens with zero attached hydrogens (tertiary/aromatic N) is 1. The quantitative estimate of drug-likeness (QED) is 0.845. The van der Waals surface area contributed by atoms with E-state index in [-0.39, 0.29) is 25.2 Å². The first kappa shape index (κ1) is 16.2.